The number of β-amino-alcohol motifs (C(OH)–C–C–N with tert-alkyl or cyclic N) is 1. The number of rotatable bonds is 11. The normalized spacial score (nSPS) is 15.7. The van der Waals surface area contributed by atoms with Crippen LogP contribution in [0.15, 0.2) is 41.5 Å². The zero-order valence-electron chi connectivity index (χ0n) is 23.3. The molecule has 2 amide bonds. The molecule has 0 spiro atoms. The molecule has 2 aliphatic heterocycles. The van der Waals surface area contributed by atoms with E-state index in [0.717, 1.165) is 24.3 Å². The summed E-state index contributed by atoms with van der Waals surface area (Å²) in [6.45, 7) is 7.53. The minimum Gasteiger partial charge on any atom is -0.485 e. The number of hydrogen-bond acceptors (Lipinski definition) is 10. The number of carbonyl (C=O) groups excluding carboxylic acids is 2. The quantitative estimate of drug-likeness (QED) is 0.305. The predicted molar refractivity (Wildman–Crippen MR) is 156 cm³/mol. The monoisotopic (exact) mass is 583 g/mol. The van der Waals surface area contributed by atoms with Gasteiger partial charge in [-0.25, -0.2) is 15.0 Å². The number of benzene rings is 1. The Morgan fingerprint density at radius 1 is 1.27 bits per heavy atom. The molecule has 0 aliphatic carbocycles. The van der Waals surface area contributed by atoms with E-state index in [0.29, 0.717) is 50.8 Å². The Morgan fingerprint density at radius 2 is 2.10 bits per heavy atom. The van der Waals surface area contributed by atoms with Gasteiger partial charge >= 0.3 is 0 Å². The number of amides is 2. The molecule has 13 heteroatoms. The van der Waals surface area contributed by atoms with Gasteiger partial charge in [0, 0.05) is 51.8 Å². The van der Waals surface area contributed by atoms with E-state index in [4.69, 9.17) is 9.15 Å². The Morgan fingerprint density at radius 3 is 2.85 bits per heavy atom. The number of nitrogens with zero attached hydrogens (tertiary/aromatic N) is 5. The van der Waals surface area contributed by atoms with Crippen LogP contribution in [0.4, 0.5) is 5.82 Å². The number of nitrogens with one attached hydrogen (secondary N) is 2. The molecule has 12 nitrogen and oxygen atoms in total. The molecule has 220 valence electrons. The van der Waals surface area contributed by atoms with Crippen molar-refractivity contribution in [2.75, 3.05) is 38.0 Å². The number of likely N-dealkylation sites (tertiary alicyclic amines) is 1. The smallest absolute Gasteiger partial charge is 0.270 e. The second-order valence-corrected chi connectivity index (χ2v) is 10.2. The van der Waals surface area contributed by atoms with Crippen LogP contribution in [0.25, 0.3) is 0 Å². The number of fused-ring (bicyclic) bond motifs is 1. The van der Waals surface area contributed by atoms with Crippen LogP contribution in [0.1, 0.15) is 46.3 Å². The number of aromatic nitrogens is 3. The summed E-state index contributed by atoms with van der Waals surface area (Å²) in [6, 6.07) is 5.72. The van der Waals surface area contributed by atoms with Gasteiger partial charge in [-0.3, -0.25) is 14.5 Å². The standard InChI is InChI=1S/C28H35N7O5.H2S/c1-3-27(37)35-12-20(13-35)33-26-8-24(31-16-32-26)28(38)30-9-21(36)14-34-7-6-23-18(2)25(5-4-19(23)11-34)39-15-22-10-29-17-40-22;/h4-5,8,10,16-17,20-21,36H,3,6-7,9,11-15H2,1-2H3,(H,30,38)(H,31,32,33);1H2/t21-;/m0./s1. The first-order chi connectivity index (χ1) is 19.4. The van der Waals surface area contributed by atoms with Crippen molar-refractivity contribution in [2.45, 2.75) is 52.0 Å². The van der Waals surface area contributed by atoms with E-state index in [1.807, 2.05) is 13.0 Å². The van der Waals surface area contributed by atoms with Gasteiger partial charge in [-0.05, 0) is 36.1 Å². The van der Waals surface area contributed by atoms with Crippen molar-refractivity contribution < 1.29 is 23.8 Å². The van der Waals surface area contributed by atoms with Crippen molar-refractivity contribution in [3.8, 4) is 5.75 Å². The third-order valence-electron chi connectivity index (χ3n) is 7.33. The molecule has 1 fully saturated rings. The number of aliphatic hydroxyl groups is 1. The van der Waals surface area contributed by atoms with E-state index in [2.05, 4.69) is 43.5 Å². The predicted octanol–water partition coefficient (Wildman–Crippen LogP) is 1.65. The molecule has 0 unspecified atom stereocenters. The molecule has 1 saturated heterocycles. The molecule has 1 atom stereocenters. The minimum atomic E-state index is -0.729. The molecule has 3 aromatic rings. The van der Waals surface area contributed by atoms with Crippen molar-refractivity contribution in [1.82, 2.24) is 30.1 Å². The van der Waals surface area contributed by atoms with Crippen LogP contribution >= 0.6 is 13.5 Å². The molecule has 2 aliphatic rings. The highest BCUT2D eigenvalue weighted by atomic mass is 32.1. The summed E-state index contributed by atoms with van der Waals surface area (Å²) in [6.07, 6.45) is 4.97. The summed E-state index contributed by atoms with van der Waals surface area (Å²) in [5, 5.41) is 16.6. The Bertz CT molecular complexity index is 1330. The van der Waals surface area contributed by atoms with Crippen molar-refractivity contribution in [2.24, 2.45) is 0 Å². The van der Waals surface area contributed by atoms with Gasteiger partial charge in [0.1, 0.15) is 30.2 Å². The van der Waals surface area contributed by atoms with E-state index in [1.165, 1.54) is 23.8 Å². The van der Waals surface area contributed by atoms with Crippen molar-refractivity contribution in [3.05, 3.63) is 65.3 Å². The first kappa shape index (κ1) is 30.3. The first-order valence-corrected chi connectivity index (χ1v) is 13.6. The topological polar surface area (TPSA) is 146 Å². The fraction of sp³-hybridized carbons (Fsp3) is 0.464. The lowest BCUT2D eigenvalue weighted by Gasteiger charge is -2.39. The number of oxazole rings is 1. The van der Waals surface area contributed by atoms with Crippen LogP contribution in [0.3, 0.4) is 0 Å². The molecular formula is C28H37N7O5S. The third kappa shape index (κ3) is 7.54. The Kier molecular flexibility index (Phi) is 10.2. The molecule has 1 aromatic carbocycles. The Balaban J connectivity index is 0.00000387. The highest BCUT2D eigenvalue weighted by molar-refractivity contribution is 7.59. The zero-order chi connectivity index (χ0) is 28.1. The van der Waals surface area contributed by atoms with Crippen LogP contribution < -0.4 is 15.4 Å². The summed E-state index contributed by atoms with van der Waals surface area (Å²) < 4.78 is 11.2. The van der Waals surface area contributed by atoms with Crippen molar-refractivity contribution in [1.29, 1.82) is 0 Å². The second kappa shape index (κ2) is 13.8. The lowest BCUT2D eigenvalue weighted by molar-refractivity contribution is -0.134. The highest BCUT2D eigenvalue weighted by Crippen LogP contribution is 2.30. The number of aliphatic hydroxyl groups excluding tert-OH is 1. The number of anilines is 1. The summed E-state index contributed by atoms with van der Waals surface area (Å²) in [7, 11) is 0. The average molecular weight is 584 g/mol. The maximum atomic E-state index is 12.7. The van der Waals surface area contributed by atoms with Crippen LogP contribution in [0, 0.1) is 6.92 Å². The van der Waals surface area contributed by atoms with Crippen molar-refractivity contribution >= 4 is 31.1 Å². The minimum absolute atomic E-state index is 0. The van der Waals surface area contributed by atoms with Crippen LogP contribution in [-0.2, 0) is 24.4 Å². The molecular weight excluding hydrogens is 546 g/mol. The maximum absolute atomic E-state index is 12.7. The Hall–Kier alpha value is -3.68. The van der Waals surface area contributed by atoms with Gasteiger partial charge < -0.3 is 29.8 Å². The van der Waals surface area contributed by atoms with Gasteiger partial charge in [-0.2, -0.15) is 13.5 Å². The first-order valence-electron chi connectivity index (χ1n) is 13.6. The largest absolute Gasteiger partial charge is 0.485 e. The fourth-order valence-corrected chi connectivity index (χ4v) is 5.08. The van der Waals surface area contributed by atoms with Gasteiger partial charge in [0.25, 0.3) is 5.91 Å². The van der Waals surface area contributed by atoms with E-state index in [-0.39, 0.29) is 43.6 Å². The second-order valence-electron chi connectivity index (χ2n) is 10.2. The maximum Gasteiger partial charge on any atom is 0.270 e. The van der Waals surface area contributed by atoms with Gasteiger partial charge in [0.15, 0.2) is 12.2 Å². The molecule has 41 heavy (non-hydrogen) atoms. The third-order valence-corrected chi connectivity index (χ3v) is 7.33. The molecule has 0 bridgehead atoms. The van der Waals surface area contributed by atoms with Gasteiger partial charge in [0.2, 0.25) is 5.91 Å². The molecule has 3 N–H and O–H groups in total. The van der Waals surface area contributed by atoms with Gasteiger partial charge in [-0.1, -0.05) is 13.0 Å². The zero-order valence-corrected chi connectivity index (χ0v) is 24.3. The SMILES string of the molecule is CCC(=O)N1CC(Nc2cc(C(=O)NC[C@H](O)CN3CCc4c(ccc(OCc5cnco5)c4C)C3)ncn2)C1.S. The van der Waals surface area contributed by atoms with E-state index < -0.39 is 6.10 Å². The summed E-state index contributed by atoms with van der Waals surface area (Å²) in [5.74, 6) is 1.78. The molecule has 4 heterocycles. The van der Waals surface area contributed by atoms with Crippen LogP contribution in [0.2, 0.25) is 0 Å². The van der Waals surface area contributed by atoms with Crippen LogP contribution in [0.5, 0.6) is 5.75 Å². The Labute approximate surface area is 246 Å². The summed E-state index contributed by atoms with van der Waals surface area (Å²) in [4.78, 5) is 40.5. The van der Waals surface area contributed by atoms with Gasteiger partial charge in [-0.15, -0.1) is 0 Å². The van der Waals surface area contributed by atoms with E-state index >= 15 is 0 Å². The van der Waals surface area contributed by atoms with Gasteiger partial charge in [0.05, 0.1) is 18.3 Å². The van der Waals surface area contributed by atoms with Crippen LogP contribution in [-0.4, -0.2) is 86.5 Å². The van der Waals surface area contributed by atoms with E-state index in [9.17, 15) is 14.7 Å². The summed E-state index contributed by atoms with van der Waals surface area (Å²) >= 11 is 0. The number of ether oxygens (including phenoxy) is 1. The average Bonchev–Trinajstić information content (AvgIpc) is 3.46. The molecule has 0 saturated carbocycles. The van der Waals surface area contributed by atoms with Crippen molar-refractivity contribution in [3.63, 3.8) is 0 Å². The number of hydrogen-bond donors (Lipinski definition) is 3. The van der Waals surface area contributed by atoms with E-state index in [1.54, 1.807) is 17.2 Å². The lowest BCUT2D eigenvalue weighted by atomic mass is 9.94. The summed E-state index contributed by atoms with van der Waals surface area (Å²) in [5.41, 5.74) is 3.82. The number of carbonyl (C=O) groups is 2. The highest BCUT2D eigenvalue weighted by Gasteiger charge is 2.30. The molecule has 0 radical (unpaired) electrons. The molecule has 2 aromatic heterocycles. The lowest BCUT2D eigenvalue weighted by Crippen LogP contribution is -2.56. The molecule has 5 rings (SSSR count). The fourth-order valence-electron chi connectivity index (χ4n) is 5.08.